The molecule has 0 aliphatic rings. The first kappa shape index (κ1) is 14.6. The van der Waals surface area contributed by atoms with Crippen LogP contribution in [0.4, 0.5) is 5.69 Å². The second-order valence-corrected chi connectivity index (χ2v) is 4.87. The molecule has 0 aliphatic heterocycles. The van der Waals surface area contributed by atoms with E-state index in [9.17, 15) is 4.79 Å². The Labute approximate surface area is 113 Å². The van der Waals surface area contributed by atoms with Gasteiger partial charge in [0.05, 0.1) is 11.5 Å². The van der Waals surface area contributed by atoms with Gasteiger partial charge in [-0.15, -0.1) is 0 Å². The number of carbonyl (C=O) groups is 1. The van der Waals surface area contributed by atoms with Gasteiger partial charge in [0.25, 0.3) is 0 Å². The van der Waals surface area contributed by atoms with Crippen molar-refractivity contribution in [2.24, 2.45) is 5.73 Å². The summed E-state index contributed by atoms with van der Waals surface area (Å²) in [4.78, 5) is 14.2. The van der Waals surface area contributed by atoms with Crippen LogP contribution < -0.4 is 11.1 Å². The lowest BCUT2D eigenvalue weighted by Gasteiger charge is -2.23. The summed E-state index contributed by atoms with van der Waals surface area (Å²) >= 11 is 4.86. The first-order valence-corrected chi connectivity index (χ1v) is 6.23. The minimum Gasteiger partial charge on any atom is -0.393 e. The summed E-state index contributed by atoms with van der Waals surface area (Å²) in [5.41, 5.74) is 6.29. The van der Waals surface area contributed by atoms with Gasteiger partial charge in [-0.25, -0.2) is 0 Å². The molecule has 0 fully saturated rings. The quantitative estimate of drug-likeness (QED) is 0.767. The Morgan fingerprint density at radius 3 is 2.61 bits per heavy atom. The fourth-order valence-corrected chi connectivity index (χ4v) is 1.79. The molecule has 1 rings (SSSR count). The Morgan fingerprint density at radius 2 is 2.06 bits per heavy atom. The highest BCUT2D eigenvalue weighted by atomic mass is 32.1. The van der Waals surface area contributed by atoms with Crippen molar-refractivity contribution in [3.8, 4) is 0 Å². The third-order valence-electron chi connectivity index (χ3n) is 2.70. The molecule has 0 saturated heterocycles. The minimum absolute atomic E-state index is 0.0431. The molecule has 5 heteroatoms. The zero-order chi connectivity index (χ0) is 13.5. The van der Waals surface area contributed by atoms with Gasteiger partial charge in [0.2, 0.25) is 5.91 Å². The number of para-hydroxylation sites is 1. The summed E-state index contributed by atoms with van der Waals surface area (Å²) in [6.07, 6.45) is 0.616. The normalized spacial score (nSPS) is 12.2. The van der Waals surface area contributed by atoms with E-state index in [1.54, 1.807) is 0 Å². The van der Waals surface area contributed by atoms with Gasteiger partial charge >= 0.3 is 0 Å². The third-order valence-corrected chi connectivity index (χ3v) is 2.87. The number of likely N-dealkylation sites (N-methyl/N-ethyl adjacent to an activating group) is 1. The van der Waals surface area contributed by atoms with Crippen molar-refractivity contribution in [2.45, 2.75) is 19.4 Å². The van der Waals surface area contributed by atoms with E-state index in [-0.39, 0.29) is 11.9 Å². The number of amides is 1. The molecule has 1 amide bonds. The van der Waals surface area contributed by atoms with Crippen molar-refractivity contribution in [2.75, 3.05) is 18.9 Å². The summed E-state index contributed by atoms with van der Waals surface area (Å²) in [6, 6.07) is 9.55. The molecule has 0 aromatic heterocycles. The van der Waals surface area contributed by atoms with E-state index in [2.05, 4.69) is 5.32 Å². The van der Waals surface area contributed by atoms with Crippen LogP contribution in [-0.4, -0.2) is 35.4 Å². The van der Waals surface area contributed by atoms with Crippen LogP contribution in [0, 0.1) is 0 Å². The molecule has 1 aromatic carbocycles. The maximum absolute atomic E-state index is 11.8. The van der Waals surface area contributed by atoms with Crippen LogP contribution in [0.3, 0.4) is 0 Å². The van der Waals surface area contributed by atoms with E-state index >= 15 is 0 Å². The van der Waals surface area contributed by atoms with Crippen LogP contribution in [0.25, 0.3) is 0 Å². The van der Waals surface area contributed by atoms with Gasteiger partial charge in [0, 0.05) is 18.2 Å². The Hall–Kier alpha value is -1.46. The van der Waals surface area contributed by atoms with Gasteiger partial charge in [-0.2, -0.15) is 0 Å². The molecule has 0 heterocycles. The van der Waals surface area contributed by atoms with Crippen LogP contribution in [0.5, 0.6) is 0 Å². The number of hydrogen-bond acceptors (Lipinski definition) is 3. The fourth-order valence-electron chi connectivity index (χ4n) is 1.55. The molecule has 98 valence electrons. The first-order chi connectivity index (χ1) is 8.49. The second kappa shape index (κ2) is 7.08. The minimum atomic E-state index is -0.0431. The molecule has 0 spiro atoms. The SMILES string of the molecule is CC(CC(N)=S)N(C)CC(=O)Nc1ccccc1. The topological polar surface area (TPSA) is 58.4 Å². The van der Waals surface area contributed by atoms with Gasteiger partial charge in [0.15, 0.2) is 0 Å². The fraction of sp³-hybridized carbons (Fsp3) is 0.385. The number of carbonyl (C=O) groups excluding carboxylic acids is 1. The average Bonchev–Trinajstić information content (AvgIpc) is 2.29. The molecule has 4 nitrogen and oxygen atoms in total. The molecule has 0 saturated carbocycles. The highest BCUT2D eigenvalue weighted by molar-refractivity contribution is 7.80. The van der Waals surface area contributed by atoms with Crippen LogP contribution >= 0.6 is 12.2 Å². The summed E-state index contributed by atoms with van der Waals surface area (Å²) in [6.45, 7) is 2.31. The number of benzene rings is 1. The maximum Gasteiger partial charge on any atom is 0.238 e. The molecular formula is C13H19N3OS. The summed E-state index contributed by atoms with van der Waals surface area (Å²) in [5.74, 6) is -0.0431. The lowest BCUT2D eigenvalue weighted by Crippen LogP contribution is -2.38. The largest absolute Gasteiger partial charge is 0.393 e. The molecular weight excluding hydrogens is 246 g/mol. The Bertz CT molecular complexity index is 408. The highest BCUT2D eigenvalue weighted by Crippen LogP contribution is 2.06. The number of rotatable bonds is 6. The standard InChI is InChI=1S/C13H19N3OS/c1-10(8-12(14)18)16(2)9-13(17)15-11-6-4-3-5-7-11/h3-7,10H,8-9H2,1-2H3,(H2,14,18)(H,15,17). The van der Waals surface area contributed by atoms with E-state index in [4.69, 9.17) is 18.0 Å². The van der Waals surface area contributed by atoms with E-state index in [1.165, 1.54) is 0 Å². The number of nitrogens with two attached hydrogens (primary N) is 1. The second-order valence-electron chi connectivity index (χ2n) is 4.35. The maximum atomic E-state index is 11.8. The van der Waals surface area contributed by atoms with E-state index in [0.29, 0.717) is 18.0 Å². The zero-order valence-corrected chi connectivity index (χ0v) is 11.5. The Kier molecular flexibility index (Phi) is 5.74. The molecule has 0 bridgehead atoms. The summed E-state index contributed by atoms with van der Waals surface area (Å²) < 4.78 is 0. The van der Waals surface area contributed by atoms with Crippen LogP contribution in [0.15, 0.2) is 30.3 Å². The van der Waals surface area contributed by atoms with Gasteiger partial charge in [-0.3, -0.25) is 9.69 Å². The van der Waals surface area contributed by atoms with Crippen molar-refractivity contribution < 1.29 is 4.79 Å². The molecule has 3 N–H and O–H groups in total. The van der Waals surface area contributed by atoms with Gasteiger partial charge < -0.3 is 11.1 Å². The lowest BCUT2D eigenvalue weighted by atomic mass is 10.2. The number of nitrogens with one attached hydrogen (secondary N) is 1. The van der Waals surface area contributed by atoms with Crippen LogP contribution in [0.1, 0.15) is 13.3 Å². The number of anilines is 1. The van der Waals surface area contributed by atoms with Crippen molar-refractivity contribution in [3.05, 3.63) is 30.3 Å². The summed E-state index contributed by atoms with van der Waals surface area (Å²) in [7, 11) is 1.88. The van der Waals surface area contributed by atoms with E-state index in [1.807, 2.05) is 49.2 Å². The van der Waals surface area contributed by atoms with E-state index < -0.39 is 0 Å². The summed E-state index contributed by atoms with van der Waals surface area (Å²) in [5, 5.41) is 2.84. The Morgan fingerprint density at radius 1 is 1.44 bits per heavy atom. The zero-order valence-electron chi connectivity index (χ0n) is 10.7. The van der Waals surface area contributed by atoms with Crippen molar-refractivity contribution in [1.82, 2.24) is 4.90 Å². The first-order valence-electron chi connectivity index (χ1n) is 5.82. The number of thiocarbonyl (C=S) groups is 1. The smallest absolute Gasteiger partial charge is 0.238 e. The molecule has 1 aromatic rings. The van der Waals surface area contributed by atoms with Gasteiger partial charge in [-0.1, -0.05) is 30.4 Å². The molecule has 18 heavy (non-hydrogen) atoms. The van der Waals surface area contributed by atoms with Crippen molar-refractivity contribution in [1.29, 1.82) is 0 Å². The third kappa shape index (κ3) is 5.25. The Balaban J connectivity index is 2.42. The monoisotopic (exact) mass is 265 g/mol. The predicted molar refractivity (Wildman–Crippen MR) is 78.6 cm³/mol. The van der Waals surface area contributed by atoms with Crippen LogP contribution in [-0.2, 0) is 4.79 Å². The number of hydrogen-bond donors (Lipinski definition) is 2. The van der Waals surface area contributed by atoms with Crippen molar-refractivity contribution in [3.63, 3.8) is 0 Å². The molecule has 1 atom stereocenters. The van der Waals surface area contributed by atoms with E-state index in [0.717, 1.165) is 5.69 Å². The molecule has 0 radical (unpaired) electrons. The number of nitrogens with zero attached hydrogens (tertiary/aromatic N) is 1. The average molecular weight is 265 g/mol. The molecule has 1 unspecified atom stereocenters. The van der Waals surface area contributed by atoms with Crippen molar-refractivity contribution >= 4 is 28.8 Å². The van der Waals surface area contributed by atoms with Crippen LogP contribution in [0.2, 0.25) is 0 Å². The highest BCUT2D eigenvalue weighted by Gasteiger charge is 2.13. The molecule has 0 aliphatic carbocycles. The van der Waals surface area contributed by atoms with Gasteiger partial charge in [-0.05, 0) is 26.1 Å². The predicted octanol–water partition coefficient (Wildman–Crippen LogP) is 1.62. The van der Waals surface area contributed by atoms with Gasteiger partial charge in [0.1, 0.15) is 0 Å². The lowest BCUT2D eigenvalue weighted by molar-refractivity contribution is -0.117.